The van der Waals surface area contributed by atoms with Crippen molar-refractivity contribution in [3.8, 4) is 16.9 Å². The number of hydrogen-bond donors (Lipinski definition) is 0. The van der Waals surface area contributed by atoms with Crippen LogP contribution in [0.4, 0.5) is 0 Å². The van der Waals surface area contributed by atoms with Crippen LogP contribution in [-0.2, 0) is 11.3 Å². The topological polar surface area (TPSA) is 57.0 Å². The van der Waals surface area contributed by atoms with E-state index in [0.717, 1.165) is 35.1 Å². The number of carbonyl (C=O) groups is 2. The summed E-state index contributed by atoms with van der Waals surface area (Å²) in [6, 6.07) is 21.4. The Balaban J connectivity index is 1.85. The molecule has 0 spiro atoms. The minimum absolute atomic E-state index is 0.230. The minimum atomic E-state index is -0.441. The highest BCUT2D eigenvalue weighted by Crippen LogP contribution is 2.38. The number of esters is 1. The van der Waals surface area contributed by atoms with E-state index in [1.165, 1.54) is 0 Å². The van der Waals surface area contributed by atoms with Crippen LogP contribution in [0.25, 0.3) is 16.6 Å². The SMILES string of the molecule is CCOC(=O)c1c(-c2ccc(OCc3ccccc3)c(C(C)CC)c2)c(C=O)n2ccccc12. The molecule has 0 amide bonds. The number of pyridine rings is 1. The predicted molar refractivity (Wildman–Crippen MR) is 134 cm³/mol. The Kier molecular flexibility index (Phi) is 7.12. The zero-order valence-corrected chi connectivity index (χ0v) is 19.8. The molecular weight excluding hydrogens is 426 g/mol. The van der Waals surface area contributed by atoms with Crippen molar-refractivity contribution in [3.05, 3.63) is 95.3 Å². The first kappa shape index (κ1) is 23.3. The minimum Gasteiger partial charge on any atom is -0.489 e. The van der Waals surface area contributed by atoms with Gasteiger partial charge in [-0.15, -0.1) is 0 Å². The monoisotopic (exact) mass is 455 g/mol. The maximum absolute atomic E-state index is 13.0. The highest BCUT2D eigenvalue weighted by atomic mass is 16.5. The summed E-state index contributed by atoms with van der Waals surface area (Å²) < 4.78 is 13.3. The molecule has 0 saturated carbocycles. The lowest BCUT2D eigenvalue weighted by Gasteiger charge is -2.18. The number of ether oxygens (including phenoxy) is 2. The number of aromatic nitrogens is 1. The lowest BCUT2D eigenvalue weighted by atomic mass is 9.92. The number of aldehydes is 1. The lowest BCUT2D eigenvalue weighted by Crippen LogP contribution is -2.06. The summed E-state index contributed by atoms with van der Waals surface area (Å²) in [5.41, 5.74) is 4.97. The molecule has 34 heavy (non-hydrogen) atoms. The van der Waals surface area contributed by atoms with Crippen molar-refractivity contribution in [2.45, 2.75) is 39.7 Å². The molecule has 174 valence electrons. The lowest BCUT2D eigenvalue weighted by molar-refractivity contribution is 0.0529. The average Bonchev–Trinajstić information content (AvgIpc) is 3.22. The van der Waals surface area contributed by atoms with Crippen molar-refractivity contribution in [2.24, 2.45) is 0 Å². The van der Waals surface area contributed by atoms with Crippen molar-refractivity contribution in [1.82, 2.24) is 4.40 Å². The number of carbonyl (C=O) groups excluding carboxylic acids is 2. The number of fused-ring (bicyclic) bond motifs is 1. The Hall–Kier alpha value is -3.86. The maximum atomic E-state index is 13.0. The number of benzene rings is 2. The molecule has 0 radical (unpaired) electrons. The molecule has 1 unspecified atom stereocenters. The first-order valence-corrected chi connectivity index (χ1v) is 11.6. The first-order valence-electron chi connectivity index (χ1n) is 11.6. The Bertz CT molecular complexity index is 1310. The van der Waals surface area contributed by atoms with Crippen LogP contribution in [0.2, 0.25) is 0 Å². The molecule has 4 aromatic rings. The summed E-state index contributed by atoms with van der Waals surface area (Å²) in [5, 5.41) is 0. The van der Waals surface area contributed by atoms with E-state index in [4.69, 9.17) is 9.47 Å². The van der Waals surface area contributed by atoms with Gasteiger partial charge in [0.15, 0.2) is 6.29 Å². The standard InChI is InChI=1S/C29H29NO4/c1-4-20(3)23-17-22(14-15-26(23)34-19-21-11-7-6-8-12-21)27-25(18-31)30-16-10-9-13-24(30)28(27)29(32)33-5-2/h6-18,20H,4-5,19H2,1-3H3. The molecule has 0 fully saturated rings. The van der Waals surface area contributed by atoms with Gasteiger partial charge in [-0.1, -0.05) is 56.3 Å². The quantitative estimate of drug-likeness (QED) is 0.208. The zero-order valence-electron chi connectivity index (χ0n) is 19.8. The second-order valence-electron chi connectivity index (χ2n) is 8.27. The van der Waals surface area contributed by atoms with E-state index in [1.807, 2.05) is 66.7 Å². The molecule has 0 aliphatic heterocycles. The van der Waals surface area contributed by atoms with Crippen LogP contribution in [-0.4, -0.2) is 23.3 Å². The van der Waals surface area contributed by atoms with Gasteiger partial charge in [0.25, 0.3) is 0 Å². The van der Waals surface area contributed by atoms with Gasteiger partial charge in [0.1, 0.15) is 12.4 Å². The highest BCUT2D eigenvalue weighted by Gasteiger charge is 2.26. The van der Waals surface area contributed by atoms with Crippen LogP contribution in [0.1, 0.15) is 65.1 Å². The van der Waals surface area contributed by atoms with E-state index in [1.54, 1.807) is 17.5 Å². The van der Waals surface area contributed by atoms with Gasteiger partial charge in [-0.05, 0) is 60.2 Å². The van der Waals surface area contributed by atoms with Gasteiger partial charge < -0.3 is 13.9 Å². The van der Waals surface area contributed by atoms with Gasteiger partial charge in [-0.3, -0.25) is 4.79 Å². The van der Waals surface area contributed by atoms with Crippen molar-refractivity contribution in [2.75, 3.05) is 6.61 Å². The van der Waals surface area contributed by atoms with Crippen LogP contribution in [0.3, 0.4) is 0 Å². The molecule has 0 saturated heterocycles. The molecule has 0 bridgehead atoms. The van der Waals surface area contributed by atoms with Crippen molar-refractivity contribution in [1.29, 1.82) is 0 Å². The van der Waals surface area contributed by atoms with Crippen LogP contribution < -0.4 is 4.74 Å². The molecule has 0 aliphatic carbocycles. The third kappa shape index (κ3) is 4.46. The molecule has 5 nitrogen and oxygen atoms in total. The van der Waals surface area contributed by atoms with E-state index >= 15 is 0 Å². The first-order chi connectivity index (χ1) is 16.6. The molecule has 2 aromatic carbocycles. The number of rotatable bonds is 9. The molecule has 0 N–H and O–H groups in total. The van der Waals surface area contributed by atoms with Crippen LogP contribution in [0, 0.1) is 0 Å². The molecule has 0 aliphatic rings. The fraction of sp³-hybridized carbons (Fsp3) is 0.241. The van der Waals surface area contributed by atoms with E-state index in [0.29, 0.717) is 28.9 Å². The predicted octanol–water partition coefficient (Wildman–Crippen LogP) is 6.69. The van der Waals surface area contributed by atoms with Gasteiger partial charge in [0.2, 0.25) is 0 Å². The molecular formula is C29H29NO4. The molecule has 5 heteroatoms. The third-order valence-corrected chi connectivity index (χ3v) is 6.15. The maximum Gasteiger partial charge on any atom is 0.340 e. The summed E-state index contributed by atoms with van der Waals surface area (Å²) in [5.74, 6) is 0.591. The van der Waals surface area contributed by atoms with E-state index < -0.39 is 5.97 Å². The molecule has 2 heterocycles. The van der Waals surface area contributed by atoms with Gasteiger partial charge >= 0.3 is 5.97 Å². The van der Waals surface area contributed by atoms with Crippen molar-refractivity contribution >= 4 is 17.8 Å². The van der Waals surface area contributed by atoms with Gasteiger partial charge in [-0.2, -0.15) is 0 Å². The molecule has 1 atom stereocenters. The smallest absolute Gasteiger partial charge is 0.340 e. The van der Waals surface area contributed by atoms with E-state index in [-0.39, 0.29) is 12.5 Å². The largest absolute Gasteiger partial charge is 0.489 e. The van der Waals surface area contributed by atoms with Crippen LogP contribution in [0.15, 0.2) is 72.9 Å². The average molecular weight is 456 g/mol. The summed E-state index contributed by atoms with van der Waals surface area (Å²) in [4.78, 5) is 25.2. The Morgan fingerprint density at radius 2 is 1.79 bits per heavy atom. The number of nitrogens with zero attached hydrogens (tertiary/aromatic N) is 1. The van der Waals surface area contributed by atoms with Crippen molar-refractivity contribution in [3.63, 3.8) is 0 Å². The number of hydrogen-bond acceptors (Lipinski definition) is 4. The Morgan fingerprint density at radius 1 is 1.03 bits per heavy atom. The highest BCUT2D eigenvalue weighted by molar-refractivity contribution is 6.09. The Morgan fingerprint density at radius 3 is 2.50 bits per heavy atom. The molecule has 4 rings (SSSR count). The zero-order chi connectivity index (χ0) is 24.1. The van der Waals surface area contributed by atoms with Crippen molar-refractivity contribution < 1.29 is 19.1 Å². The normalized spacial score (nSPS) is 11.9. The van der Waals surface area contributed by atoms with Crippen LogP contribution in [0.5, 0.6) is 5.75 Å². The van der Waals surface area contributed by atoms with Gasteiger partial charge in [-0.25, -0.2) is 4.79 Å². The van der Waals surface area contributed by atoms with Gasteiger partial charge in [0.05, 0.1) is 23.4 Å². The second kappa shape index (κ2) is 10.4. The Labute approximate surface area is 199 Å². The summed E-state index contributed by atoms with van der Waals surface area (Å²) in [7, 11) is 0. The molecule has 2 aromatic heterocycles. The van der Waals surface area contributed by atoms with E-state index in [9.17, 15) is 9.59 Å². The fourth-order valence-corrected chi connectivity index (χ4v) is 4.23. The van der Waals surface area contributed by atoms with Gasteiger partial charge in [0, 0.05) is 11.8 Å². The summed E-state index contributed by atoms with van der Waals surface area (Å²) in [6.45, 7) is 6.77. The summed E-state index contributed by atoms with van der Waals surface area (Å²) in [6.07, 6.45) is 3.51. The van der Waals surface area contributed by atoms with E-state index in [2.05, 4.69) is 13.8 Å². The summed E-state index contributed by atoms with van der Waals surface area (Å²) >= 11 is 0. The second-order valence-corrected chi connectivity index (χ2v) is 8.27. The third-order valence-electron chi connectivity index (χ3n) is 6.15. The van der Waals surface area contributed by atoms with Crippen LogP contribution >= 0.6 is 0 Å². The fourth-order valence-electron chi connectivity index (χ4n) is 4.23.